The van der Waals surface area contributed by atoms with Crippen LogP contribution in [0, 0.1) is 5.82 Å². The number of nitrogens with one attached hydrogen (secondary N) is 1. The van der Waals surface area contributed by atoms with Crippen molar-refractivity contribution in [1.82, 2.24) is 9.88 Å². The first-order valence-electron chi connectivity index (χ1n) is 7.29. The van der Waals surface area contributed by atoms with E-state index in [-0.39, 0.29) is 24.7 Å². The fourth-order valence-corrected chi connectivity index (χ4v) is 2.31. The van der Waals surface area contributed by atoms with E-state index >= 15 is 0 Å². The van der Waals surface area contributed by atoms with Gasteiger partial charge in [-0.1, -0.05) is 6.42 Å². The number of aromatic nitrogens is 1. The monoisotopic (exact) mass is 306 g/mol. The van der Waals surface area contributed by atoms with Crippen molar-refractivity contribution < 1.29 is 19.1 Å². The van der Waals surface area contributed by atoms with Gasteiger partial charge in [0.1, 0.15) is 12.4 Å². The highest BCUT2D eigenvalue weighted by atomic mass is 19.1. The molecule has 0 unspecified atom stereocenters. The Hall–Kier alpha value is -2.37. The lowest BCUT2D eigenvalue weighted by Crippen LogP contribution is -2.28. The van der Waals surface area contributed by atoms with Crippen molar-refractivity contribution in [2.75, 3.05) is 6.54 Å². The van der Waals surface area contributed by atoms with Crippen LogP contribution in [0.5, 0.6) is 0 Å². The third-order valence-corrected chi connectivity index (χ3v) is 3.44. The summed E-state index contributed by atoms with van der Waals surface area (Å²) in [6.45, 7) is 0.661. The minimum Gasteiger partial charge on any atom is -0.481 e. The van der Waals surface area contributed by atoms with Gasteiger partial charge in [-0.25, -0.2) is 4.39 Å². The third-order valence-electron chi connectivity index (χ3n) is 3.44. The Kier molecular flexibility index (Phi) is 5.52. The number of carboxylic acid groups (broad SMARTS) is 1. The predicted octanol–water partition coefficient (Wildman–Crippen LogP) is 2.54. The topological polar surface area (TPSA) is 71.3 Å². The van der Waals surface area contributed by atoms with E-state index in [4.69, 9.17) is 5.11 Å². The van der Waals surface area contributed by atoms with Crippen molar-refractivity contribution in [2.24, 2.45) is 0 Å². The Labute approximate surface area is 127 Å². The molecule has 5 nitrogen and oxygen atoms in total. The average molecular weight is 306 g/mol. The number of unbranched alkanes of at least 4 members (excludes halogenated alkanes) is 2. The Morgan fingerprint density at radius 1 is 1.18 bits per heavy atom. The first kappa shape index (κ1) is 16.0. The summed E-state index contributed by atoms with van der Waals surface area (Å²) < 4.78 is 15.0. The van der Waals surface area contributed by atoms with Gasteiger partial charge >= 0.3 is 5.97 Å². The van der Waals surface area contributed by atoms with Gasteiger partial charge in [-0.15, -0.1) is 0 Å². The minimum absolute atomic E-state index is 0.139. The molecule has 0 fully saturated rings. The number of amides is 1. The summed E-state index contributed by atoms with van der Waals surface area (Å²) in [5, 5.41) is 12.2. The van der Waals surface area contributed by atoms with Gasteiger partial charge in [-0.2, -0.15) is 0 Å². The van der Waals surface area contributed by atoms with E-state index < -0.39 is 5.97 Å². The van der Waals surface area contributed by atoms with Crippen molar-refractivity contribution in [2.45, 2.75) is 32.2 Å². The lowest BCUT2D eigenvalue weighted by atomic mass is 10.2. The van der Waals surface area contributed by atoms with Crippen LogP contribution in [0.1, 0.15) is 25.7 Å². The maximum absolute atomic E-state index is 13.3. The molecule has 118 valence electrons. The molecule has 2 N–H and O–H groups in total. The lowest BCUT2D eigenvalue weighted by molar-refractivity contribution is -0.137. The first-order valence-corrected chi connectivity index (χ1v) is 7.29. The number of nitrogens with zero attached hydrogens (tertiary/aromatic N) is 1. The molecule has 0 aliphatic rings. The number of carbonyl (C=O) groups excluding carboxylic acids is 1. The smallest absolute Gasteiger partial charge is 0.303 e. The van der Waals surface area contributed by atoms with Crippen LogP contribution in [0.15, 0.2) is 30.5 Å². The van der Waals surface area contributed by atoms with Gasteiger partial charge in [0.15, 0.2) is 0 Å². The zero-order chi connectivity index (χ0) is 15.9. The molecular weight excluding hydrogens is 287 g/mol. The van der Waals surface area contributed by atoms with Gasteiger partial charge in [0.05, 0.1) is 5.52 Å². The Morgan fingerprint density at radius 3 is 2.77 bits per heavy atom. The predicted molar refractivity (Wildman–Crippen MR) is 81.0 cm³/mol. The molecule has 0 radical (unpaired) electrons. The largest absolute Gasteiger partial charge is 0.481 e. The van der Waals surface area contributed by atoms with E-state index in [0.717, 1.165) is 18.2 Å². The first-order chi connectivity index (χ1) is 10.6. The summed E-state index contributed by atoms with van der Waals surface area (Å²) in [4.78, 5) is 22.2. The number of carboxylic acids is 1. The normalized spacial score (nSPS) is 10.8. The van der Waals surface area contributed by atoms with Gasteiger partial charge in [-0.3, -0.25) is 9.59 Å². The number of hydrogen-bond acceptors (Lipinski definition) is 2. The summed E-state index contributed by atoms with van der Waals surface area (Å²) in [5.41, 5.74) is 0.691. The second-order valence-electron chi connectivity index (χ2n) is 5.20. The lowest BCUT2D eigenvalue weighted by Gasteiger charge is -2.07. The summed E-state index contributed by atoms with van der Waals surface area (Å²) in [7, 11) is 0. The van der Waals surface area contributed by atoms with Gasteiger partial charge in [0.25, 0.3) is 0 Å². The maximum Gasteiger partial charge on any atom is 0.303 e. The zero-order valence-electron chi connectivity index (χ0n) is 12.2. The maximum atomic E-state index is 13.3. The van der Waals surface area contributed by atoms with Crippen LogP contribution in [-0.2, 0) is 16.1 Å². The van der Waals surface area contributed by atoms with Crippen LogP contribution >= 0.6 is 0 Å². The van der Waals surface area contributed by atoms with Crippen molar-refractivity contribution in [3.05, 3.63) is 36.3 Å². The molecule has 1 amide bonds. The SMILES string of the molecule is O=C(O)CCCCCNC(=O)Cn1ccc2ccc(F)cc21. The van der Waals surface area contributed by atoms with Crippen molar-refractivity contribution in [3.63, 3.8) is 0 Å². The number of aliphatic carboxylic acids is 1. The number of benzene rings is 1. The number of rotatable bonds is 8. The molecule has 0 spiro atoms. The highest BCUT2D eigenvalue weighted by Crippen LogP contribution is 2.16. The Balaban J connectivity index is 1.77. The van der Waals surface area contributed by atoms with E-state index in [1.54, 1.807) is 16.8 Å². The third kappa shape index (κ3) is 4.58. The molecule has 0 bridgehead atoms. The molecule has 0 aliphatic carbocycles. The van der Waals surface area contributed by atoms with Crippen molar-refractivity contribution in [1.29, 1.82) is 0 Å². The van der Waals surface area contributed by atoms with Crippen LogP contribution in [-0.4, -0.2) is 28.1 Å². The summed E-state index contributed by atoms with van der Waals surface area (Å²) >= 11 is 0. The molecule has 1 aromatic carbocycles. The molecule has 2 rings (SSSR count). The minimum atomic E-state index is -0.796. The van der Waals surface area contributed by atoms with Gasteiger partial charge in [0, 0.05) is 19.2 Å². The molecule has 22 heavy (non-hydrogen) atoms. The fraction of sp³-hybridized carbons (Fsp3) is 0.375. The van der Waals surface area contributed by atoms with Gasteiger partial charge < -0.3 is 15.0 Å². The number of fused-ring (bicyclic) bond motifs is 1. The van der Waals surface area contributed by atoms with Crippen LogP contribution < -0.4 is 5.32 Å². The molecule has 1 aromatic heterocycles. The summed E-state index contributed by atoms with van der Waals surface area (Å²) in [6.07, 6.45) is 4.06. The van der Waals surface area contributed by atoms with Crippen LogP contribution in [0.25, 0.3) is 10.9 Å². The number of halogens is 1. The highest BCUT2D eigenvalue weighted by Gasteiger charge is 2.07. The quantitative estimate of drug-likeness (QED) is 0.736. The molecular formula is C16H19FN2O3. The Bertz CT molecular complexity index is 666. The number of carbonyl (C=O) groups is 2. The molecule has 2 aromatic rings. The van der Waals surface area contributed by atoms with Gasteiger partial charge in [-0.05, 0) is 42.5 Å². The van der Waals surface area contributed by atoms with E-state index in [2.05, 4.69) is 5.32 Å². The van der Waals surface area contributed by atoms with Crippen LogP contribution in [0.4, 0.5) is 4.39 Å². The second-order valence-corrected chi connectivity index (χ2v) is 5.20. The zero-order valence-corrected chi connectivity index (χ0v) is 12.2. The van der Waals surface area contributed by atoms with Crippen molar-refractivity contribution in [3.8, 4) is 0 Å². The van der Waals surface area contributed by atoms with Gasteiger partial charge in [0.2, 0.25) is 5.91 Å². The van der Waals surface area contributed by atoms with Crippen LogP contribution in [0.3, 0.4) is 0 Å². The van der Waals surface area contributed by atoms with Crippen LogP contribution in [0.2, 0.25) is 0 Å². The molecule has 0 aliphatic heterocycles. The number of hydrogen-bond donors (Lipinski definition) is 2. The van der Waals surface area contributed by atoms with Crippen molar-refractivity contribution >= 4 is 22.8 Å². The molecule has 0 saturated heterocycles. The fourth-order valence-electron chi connectivity index (χ4n) is 2.31. The second kappa shape index (κ2) is 7.59. The van der Waals surface area contributed by atoms with E-state index in [0.29, 0.717) is 18.5 Å². The molecule has 6 heteroatoms. The van der Waals surface area contributed by atoms with E-state index in [9.17, 15) is 14.0 Å². The molecule has 0 atom stereocenters. The Morgan fingerprint density at radius 2 is 2.00 bits per heavy atom. The highest BCUT2D eigenvalue weighted by molar-refractivity contribution is 5.83. The standard InChI is InChI=1S/C16H19FN2O3/c17-13-6-5-12-7-9-19(14(12)10-13)11-15(20)18-8-3-1-2-4-16(21)22/h5-7,9-10H,1-4,8,11H2,(H,18,20)(H,21,22). The summed E-state index contributed by atoms with van der Waals surface area (Å²) in [5.74, 6) is -1.26. The van der Waals surface area contributed by atoms with E-state index in [1.165, 1.54) is 12.1 Å². The molecule has 1 heterocycles. The average Bonchev–Trinajstić information content (AvgIpc) is 2.85. The van der Waals surface area contributed by atoms with E-state index in [1.807, 2.05) is 6.07 Å². The summed E-state index contributed by atoms with van der Waals surface area (Å²) in [6, 6.07) is 6.33. The molecule has 0 saturated carbocycles.